The highest BCUT2D eigenvalue weighted by molar-refractivity contribution is 6.62. The number of benzene rings is 1. The van der Waals surface area contributed by atoms with Crippen molar-refractivity contribution in [3.8, 4) is 11.3 Å². The van der Waals surface area contributed by atoms with Crippen LogP contribution in [0.4, 0.5) is 0 Å². The topological polar surface area (TPSA) is 55.0 Å². The van der Waals surface area contributed by atoms with Crippen LogP contribution in [-0.4, -0.2) is 18.4 Å². The fourth-order valence-corrected chi connectivity index (χ4v) is 1.71. The van der Waals surface area contributed by atoms with E-state index in [2.05, 4.69) is 5.16 Å². The Hall–Kier alpha value is -2.01. The number of hydrogen-bond donors (Lipinski definition) is 1. The molecule has 0 saturated carbocycles. The first kappa shape index (κ1) is 9.24. The molecule has 3 rings (SSSR count). The SMILES string of the molecule is OB1ON=Cc2cc(-c3ccco3)ccc21. The van der Waals surface area contributed by atoms with E-state index in [0.717, 1.165) is 16.9 Å². The number of hydrogen-bond acceptors (Lipinski definition) is 4. The number of oxime groups is 1. The second kappa shape index (κ2) is 3.54. The standard InChI is InChI=1S/C11H8BNO3/c14-12-10-4-3-8(11-2-1-5-15-11)6-9(10)7-13-16-12/h1-7,14H. The Morgan fingerprint density at radius 3 is 3.00 bits per heavy atom. The van der Waals surface area contributed by atoms with Crippen molar-refractivity contribution in [2.45, 2.75) is 0 Å². The summed E-state index contributed by atoms with van der Waals surface area (Å²) >= 11 is 0. The third kappa shape index (κ3) is 1.42. The van der Waals surface area contributed by atoms with Crippen LogP contribution in [-0.2, 0) is 4.76 Å². The highest BCUT2D eigenvalue weighted by atomic mass is 16.6. The van der Waals surface area contributed by atoms with E-state index in [1.54, 1.807) is 12.5 Å². The van der Waals surface area contributed by atoms with Gasteiger partial charge >= 0.3 is 7.12 Å². The van der Waals surface area contributed by atoms with Crippen LogP contribution < -0.4 is 5.46 Å². The van der Waals surface area contributed by atoms with Gasteiger partial charge < -0.3 is 14.2 Å². The molecule has 1 aliphatic rings. The summed E-state index contributed by atoms with van der Waals surface area (Å²) in [5.41, 5.74) is 2.50. The van der Waals surface area contributed by atoms with Crippen LogP contribution in [0.15, 0.2) is 46.2 Å². The predicted molar refractivity (Wildman–Crippen MR) is 60.4 cm³/mol. The van der Waals surface area contributed by atoms with E-state index >= 15 is 0 Å². The van der Waals surface area contributed by atoms with Gasteiger partial charge in [0.1, 0.15) is 5.76 Å². The number of furan rings is 1. The molecule has 0 saturated heterocycles. The van der Waals surface area contributed by atoms with Crippen molar-refractivity contribution in [1.82, 2.24) is 0 Å². The van der Waals surface area contributed by atoms with Crippen molar-refractivity contribution in [2.75, 3.05) is 0 Å². The third-order valence-electron chi connectivity index (χ3n) is 2.51. The summed E-state index contributed by atoms with van der Waals surface area (Å²) in [6.45, 7) is 0. The van der Waals surface area contributed by atoms with Crippen molar-refractivity contribution in [3.63, 3.8) is 0 Å². The number of fused-ring (bicyclic) bond motifs is 1. The normalized spacial score (nSPS) is 13.4. The Kier molecular flexibility index (Phi) is 2.04. The molecule has 2 heterocycles. The zero-order valence-corrected chi connectivity index (χ0v) is 8.33. The molecule has 1 N–H and O–H groups in total. The van der Waals surface area contributed by atoms with E-state index in [-0.39, 0.29) is 0 Å². The molecule has 0 bridgehead atoms. The fraction of sp³-hybridized carbons (Fsp3) is 0. The molecule has 0 spiro atoms. The van der Waals surface area contributed by atoms with Gasteiger partial charge in [-0.15, -0.1) is 5.16 Å². The monoisotopic (exact) mass is 213 g/mol. The van der Waals surface area contributed by atoms with Crippen LogP contribution in [0.5, 0.6) is 0 Å². The van der Waals surface area contributed by atoms with Crippen LogP contribution in [0.2, 0.25) is 0 Å². The lowest BCUT2D eigenvalue weighted by Crippen LogP contribution is -2.37. The lowest BCUT2D eigenvalue weighted by molar-refractivity contribution is 0.286. The summed E-state index contributed by atoms with van der Waals surface area (Å²) in [5, 5.41) is 13.1. The average molecular weight is 213 g/mol. The van der Waals surface area contributed by atoms with Crippen molar-refractivity contribution < 1.29 is 14.2 Å². The van der Waals surface area contributed by atoms with Crippen molar-refractivity contribution in [1.29, 1.82) is 0 Å². The highest BCUT2D eigenvalue weighted by Gasteiger charge is 2.25. The maximum atomic E-state index is 9.52. The molecule has 0 amide bonds. The molecule has 0 unspecified atom stereocenters. The summed E-state index contributed by atoms with van der Waals surface area (Å²) in [6.07, 6.45) is 3.20. The molecule has 1 aliphatic heterocycles. The van der Waals surface area contributed by atoms with Gasteiger partial charge in [0.25, 0.3) is 0 Å². The number of rotatable bonds is 1. The van der Waals surface area contributed by atoms with Gasteiger partial charge in [0.2, 0.25) is 0 Å². The van der Waals surface area contributed by atoms with Gasteiger partial charge in [-0.3, -0.25) is 0 Å². The maximum Gasteiger partial charge on any atom is 0.583 e. The van der Waals surface area contributed by atoms with Gasteiger partial charge in [0.15, 0.2) is 0 Å². The van der Waals surface area contributed by atoms with Crippen molar-refractivity contribution in [3.05, 3.63) is 42.2 Å². The summed E-state index contributed by atoms with van der Waals surface area (Å²) in [4.78, 5) is 0. The Morgan fingerprint density at radius 1 is 1.25 bits per heavy atom. The molecule has 1 aromatic heterocycles. The Bertz CT molecular complexity index is 536. The fourth-order valence-electron chi connectivity index (χ4n) is 1.71. The molecule has 0 aliphatic carbocycles. The maximum absolute atomic E-state index is 9.52. The second-order valence-electron chi connectivity index (χ2n) is 3.51. The van der Waals surface area contributed by atoms with Gasteiger partial charge in [0, 0.05) is 11.0 Å². The van der Waals surface area contributed by atoms with Crippen LogP contribution in [0.1, 0.15) is 5.56 Å². The zero-order valence-electron chi connectivity index (χ0n) is 8.33. The van der Waals surface area contributed by atoms with Gasteiger partial charge in [0.05, 0.1) is 12.5 Å². The van der Waals surface area contributed by atoms with Crippen LogP contribution >= 0.6 is 0 Å². The summed E-state index contributed by atoms with van der Waals surface area (Å²) < 4.78 is 10.0. The molecule has 0 fully saturated rings. The predicted octanol–water partition coefficient (Wildman–Crippen LogP) is 0.998. The van der Waals surface area contributed by atoms with E-state index < -0.39 is 7.12 Å². The summed E-state index contributed by atoms with van der Waals surface area (Å²) in [5.74, 6) is 0.789. The average Bonchev–Trinajstić information content (AvgIpc) is 2.82. The Morgan fingerprint density at radius 2 is 2.19 bits per heavy atom. The van der Waals surface area contributed by atoms with E-state index in [9.17, 15) is 5.02 Å². The van der Waals surface area contributed by atoms with Gasteiger partial charge in [-0.1, -0.05) is 12.1 Å². The Labute approximate surface area is 92.3 Å². The van der Waals surface area contributed by atoms with Gasteiger partial charge in [-0.2, -0.15) is 0 Å². The molecular weight excluding hydrogens is 205 g/mol. The Balaban J connectivity index is 2.10. The lowest BCUT2D eigenvalue weighted by atomic mass is 9.76. The summed E-state index contributed by atoms with van der Waals surface area (Å²) in [7, 11) is -0.981. The molecule has 16 heavy (non-hydrogen) atoms. The van der Waals surface area contributed by atoms with Crippen molar-refractivity contribution >= 4 is 18.8 Å². The quantitative estimate of drug-likeness (QED) is 0.718. The van der Waals surface area contributed by atoms with Gasteiger partial charge in [-0.25, -0.2) is 0 Å². The highest BCUT2D eigenvalue weighted by Crippen LogP contribution is 2.20. The second-order valence-corrected chi connectivity index (χ2v) is 3.51. The molecule has 78 valence electrons. The molecular formula is C11H8BNO3. The molecule has 2 aromatic rings. The molecule has 0 atom stereocenters. The van der Waals surface area contributed by atoms with E-state index in [1.165, 1.54) is 0 Å². The van der Waals surface area contributed by atoms with E-state index in [1.807, 2.05) is 30.3 Å². The van der Waals surface area contributed by atoms with Crippen LogP contribution in [0.25, 0.3) is 11.3 Å². The molecule has 4 nitrogen and oxygen atoms in total. The van der Waals surface area contributed by atoms with E-state index in [4.69, 9.17) is 9.17 Å². The minimum Gasteiger partial charge on any atom is -0.464 e. The summed E-state index contributed by atoms with van der Waals surface area (Å²) in [6, 6.07) is 9.31. The largest absolute Gasteiger partial charge is 0.583 e. The molecule has 5 heteroatoms. The first-order chi connectivity index (χ1) is 7.84. The van der Waals surface area contributed by atoms with Gasteiger partial charge in [-0.05, 0) is 23.8 Å². The lowest BCUT2D eigenvalue weighted by Gasteiger charge is -2.12. The first-order valence-electron chi connectivity index (χ1n) is 4.90. The van der Waals surface area contributed by atoms with E-state index in [0.29, 0.717) is 5.46 Å². The van der Waals surface area contributed by atoms with Crippen LogP contribution in [0, 0.1) is 0 Å². The molecule has 0 radical (unpaired) electrons. The number of nitrogens with zero attached hydrogens (tertiary/aromatic N) is 1. The zero-order chi connectivity index (χ0) is 11.0. The molecule has 1 aromatic carbocycles. The van der Waals surface area contributed by atoms with Crippen molar-refractivity contribution in [2.24, 2.45) is 5.16 Å². The first-order valence-corrected chi connectivity index (χ1v) is 4.90. The minimum atomic E-state index is -0.981. The van der Waals surface area contributed by atoms with Crippen LogP contribution in [0.3, 0.4) is 0 Å². The third-order valence-corrected chi connectivity index (χ3v) is 2.51. The smallest absolute Gasteiger partial charge is 0.464 e. The minimum absolute atomic E-state index is 0.713.